The van der Waals surface area contributed by atoms with Crippen LogP contribution in [0.4, 0.5) is 0 Å². The average Bonchev–Trinajstić information content (AvgIpc) is 3.55. The van der Waals surface area contributed by atoms with Gasteiger partial charge in [-0.1, -0.05) is 301 Å². The van der Waals surface area contributed by atoms with Gasteiger partial charge in [0.15, 0.2) is 6.29 Å². The van der Waals surface area contributed by atoms with Gasteiger partial charge in [-0.15, -0.1) is 0 Å². The number of hydrogen-bond donors (Lipinski definition) is 6. The van der Waals surface area contributed by atoms with E-state index in [0.717, 1.165) is 51.4 Å². The molecule has 1 aliphatic rings. The summed E-state index contributed by atoms with van der Waals surface area (Å²) in [7, 11) is 0. The Labute approximate surface area is 511 Å². The van der Waals surface area contributed by atoms with Crippen LogP contribution in [-0.2, 0) is 23.8 Å². The Kier molecular flexibility index (Phi) is 58.5. The van der Waals surface area contributed by atoms with Crippen LogP contribution in [0.5, 0.6) is 0 Å². The molecule has 6 N–H and O–H groups in total. The van der Waals surface area contributed by atoms with Crippen molar-refractivity contribution in [2.24, 2.45) is 0 Å². The molecular formula is C72H135NO10. The molecule has 0 aromatic rings. The van der Waals surface area contributed by atoms with Crippen LogP contribution in [0.1, 0.15) is 348 Å². The number of carbonyl (C=O) groups excluding carboxylic acids is 2. The van der Waals surface area contributed by atoms with E-state index in [-0.39, 0.29) is 18.5 Å². The number of amides is 1. The van der Waals surface area contributed by atoms with Crippen LogP contribution in [0.15, 0.2) is 36.5 Å². The molecule has 7 unspecified atom stereocenters. The SMILES string of the molecule is CCCCCCCC/C=C/CC/C=C/C(O)C(COC1OC(CO)C(O)C(O)C1O)NC(=O)CCCCCCCCCCCCCCCCCC/C=C\CCCCCCCCCCCCCCOC(=O)CCCCCCCCCCCCC. The van der Waals surface area contributed by atoms with Gasteiger partial charge in [0.2, 0.25) is 5.91 Å². The minimum atomic E-state index is -1.57. The second-order valence-electron chi connectivity index (χ2n) is 24.9. The number of rotatable bonds is 63. The summed E-state index contributed by atoms with van der Waals surface area (Å²) in [5.74, 6) is -0.178. The molecule has 0 aromatic carbocycles. The van der Waals surface area contributed by atoms with E-state index < -0.39 is 49.5 Å². The number of ether oxygens (including phenoxy) is 3. The van der Waals surface area contributed by atoms with E-state index in [1.54, 1.807) is 6.08 Å². The molecule has 0 aliphatic carbocycles. The monoisotopic (exact) mass is 1170 g/mol. The molecule has 83 heavy (non-hydrogen) atoms. The molecule has 0 aromatic heterocycles. The number of aliphatic hydroxyl groups excluding tert-OH is 5. The number of nitrogens with one attached hydrogen (secondary N) is 1. The standard InChI is InChI=1S/C72H135NO10/c1-3-5-7-9-11-13-15-39-42-46-50-54-58-65(75)64(63-82-72-71(80)70(79)69(78)66(62-74)83-72)73-67(76)59-55-51-47-43-40-36-34-32-30-28-26-24-22-20-18-16-17-19-21-23-25-27-29-31-33-35-37-41-45-49-53-57-61-81-68(77)60-56-52-48-44-38-14-12-10-8-6-4-2/h19,21,39,42,54,58,64-66,69-72,74-75,78-80H,3-18,20,22-38,40-41,43-53,55-57,59-63H2,1-2H3,(H,73,76)/b21-19-,42-39+,58-54+. The van der Waals surface area contributed by atoms with Gasteiger partial charge in [-0.25, -0.2) is 0 Å². The van der Waals surface area contributed by atoms with Crippen molar-refractivity contribution in [1.29, 1.82) is 0 Å². The van der Waals surface area contributed by atoms with E-state index in [9.17, 15) is 35.1 Å². The highest BCUT2D eigenvalue weighted by atomic mass is 16.7. The van der Waals surface area contributed by atoms with Crippen molar-refractivity contribution in [3.05, 3.63) is 36.5 Å². The summed E-state index contributed by atoms with van der Waals surface area (Å²) < 4.78 is 16.7. The van der Waals surface area contributed by atoms with Gasteiger partial charge in [0.1, 0.15) is 24.4 Å². The number of unbranched alkanes of at least 4 members (excludes halogenated alkanes) is 45. The maximum absolute atomic E-state index is 13.1. The normalized spacial score (nSPS) is 18.3. The third-order valence-corrected chi connectivity index (χ3v) is 17.0. The molecule has 488 valence electrons. The molecule has 7 atom stereocenters. The van der Waals surface area contributed by atoms with Gasteiger partial charge in [0.05, 0.1) is 32.0 Å². The topological polar surface area (TPSA) is 175 Å². The first-order chi connectivity index (χ1) is 40.7. The Morgan fingerprint density at radius 2 is 0.783 bits per heavy atom. The Bertz CT molecular complexity index is 1470. The Hall–Kier alpha value is -2.12. The number of carbonyl (C=O) groups is 2. The van der Waals surface area contributed by atoms with Crippen LogP contribution in [0.25, 0.3) is 0 Å². The van der Waals surface area contributed by atoms with Gasteiger partial charge < -0.3 is 45.1 Å². The molecule has 1 rings (SSSR count). The summed E-state index contributed by atoms with van der Waals surface area (Å²) in [5, 5.41) is 54.4. The van der Waals surface area contributed by atoms with Crippen LogP contribution in [0, 0.1) is 0 Å². The minimum absolute atomic E-state index is 0.0103. The Morgan fingerprint density at radius 1 is 0.434 bits per heavy atom. The van der Waals surface area contributed by atoms with Crippen LogP contribution in [0.2, 0.25) is 0 Å². The molecule has 1 saturated heterocycles. The van der Waals surface area contributed by atoms with E-state index in [0.29, 0.717) is 19.4 Å². The Morgan fingerprint density at radius 3 is 1.19 bits per heavy atom. The van der Waals surface area contributed by atoms with Crippen LogP contribution in [-0.4, -0.2) is 100 Å². The molecule has 1 amide bonds. The van der Waals surface area contributed by atoms with Crippen LogP contribution < -0.4 is 5.32 Å². The highest BCUT2D eigenvalue weighted by molar-refractivity contribution is 5.76. The highest BCUT2D eigenvalue weighted by Crippen LogP contribution is 2.23. The summed E-state index contributed by atoms with van der Waals surface area (Å²) >= 11 is 0. The first-order valence-electron chi connectivity index (χ1n) is 35.8. The second kappa shape index (κ2) is 61.5. The maximum Gasteiger partial charge on any atom is 0.305 e. The summed E-state index contributed by atoms with van der Waals surface area (Å²) in [6.45, 7) is 4.34. The summed E-state index contributed by atoms with van der Waals surface area (Å²) in [5.41, 5.74) is 0. The molecule has 1 aliphatic heterocycles. The van der Waals surface area contributed by atoms with Gasteiger partial charge in [0, 0.05) is 12.8 Å². The largest absolute Gasteiger partial charge is 0.466 e. The number of allylic oxidation sites excluding steroid dienone is 5. The zero-order valence-corrected chi connectivity index (χ0v) is 54.2. The second-order valence-corrected chi connectivity index (χ2v) is 24.9. The molecule has 0 bridgehead atoms. The zero-order chi connectivity index (χ0) is 60.2. The van der Waals surface area contributed by atoms with Crippen molar-refractivity contribution in [2.45, 2.75) is 391 Å². The minimum Gasteiger partial charge on any atom is -0.466 e. The molecule has 0 radical (unpaired) electrons. The molecular weight excluding hydrogens is 1040 g/mol. The number of aliphatic hydroxyl groups is 5. The lowest BCUT2D eigenvalue weighted by Crippen LogP contribution is -2.60. The molecule has 0 spiro atoms. The predicted octanol–water partition coefficient (Wildman–Crippen LogP) is 18.2. The fourth-order valence-electron chi connectivity index (χ4n) is 11.3. The third-order valence-electron chi connectivity index (χ3n) is 17.0. The van der Waals surface area contributed by atoms with Gasteiger partial charge in [-0.2, -0.15) is 0 Å². The summed E-state index contributed by atoms with van der Waals surface area (Å²) in [4.78, 5) is 25.1. The quantitative estimate of drug-likeness (QED) is 0.0195. The van der Waals surface area contributed by atoms with E-state index in [4.69, 9.17) is 14.2 Å². The lowest BCUT2D eigenvalue weighted by atomic mass is 9.99. The highest BCUT2D eigenvalue weighted by Gasteiger charge is 2.44. The van der Waals surface area contributed by atoms with Crippen molar-refractivity contribution in [1.82, 2.24) is 5.32 Å². The van der Waals surface area contributed by atoms with Gasteiger partial charge >= 0.3 is 5.97 Å². The summed E-state index contributed by atoms with van der Waals surface area (Å²) in [6.07, 6.45) is 68.6. The first kappa shape index (κ1) is 78.9. The number of esters is 1. The molecule has 0 saturated carbocycles. The molecule has 1 heterocycles. The van der Waals surface area contributed by atoms with E-state index in [1.165, 1.54) is 270 Å². The lowest BCUT2D eigenvalue weighted by molar-refractivity contribution is -0.302. The fraction of sp³-hybridized carbons (Fsp3) is 0.889. The maximum atomic E-state index is 13.1. The predicted molar refractivity (Wildman–Crippen MR) is 347 cm³/mol. The molecule has 11 heteroatoms. The van der Waals surface area contributed by atoms with Gasteiger partial charge in [-0.3, -0.25) is 9.59 Å². The number of hydrogen-bond acceptors (Lipinski definition) is 10. The van der Waals surface area contributed by atoms with E-state index in [1.807, 2.05) is 6.08 Å². The molecule has 11 nitrogen and oxygen atoms in total. The smallest absolute Gasteiger partial charge is 0.305 e. The summed E-state index contributed by atoms with van der Waals surface area (Å²) in [6, 6.07) is -0.825. The van der Waals surface area contributed by atoms with Crippen molar-refractivity contribution in [3.63, 3.8) is 0 Å². The van der Waals surface area contributed by atoms with Crippen molar-refractivity contribution >= 4 is 11.9 Å². The average molecular weight is 1170 g/mol. The van der Waals surface area contributed by atoms with Gasteiger partial charge in [-0.05, 0) is 70.6 Å². The van der Waals surface area contributed by atoms with Gasteiger partial charge in [0.25, 0.3) is 0 Å². The fourth-order valence-corrected chi connectivity index (χ4v) is 11.3. The van der Waals surface area contributed by atoms with Crippen molar-refractivity contribution < 1.29 is 49.3 Å². The Balaban J connectivity index is 1.95. The zero-order valence-electron chi connectivity index (χ0n) is 54.2. The van der Waals surface area contributed by atoms with E-state index in [2.05, 4.69) is 43.5 Å². The van der Waals surface area contributed by atoms with Crippen molar-refractivity contribution in [3.8, 4) is 0 Å². The van der Waals surface area contributed by atoms with E-state index >= 15 is 0 Å². The van der Waals surface area contributed by atoms with Crippen LogP contribution >= 0.6 is 0 Å². The van der Waals surface area contributed by atoms with Crippen LogP contribution in [0.3, 0.4) is 0 Å². The van der Waals surface area contributed by atoms with Crippen molar-refractivity contribution in [2.75, 3.05) is 19.8 Å². The molecule has 1 fully saturated rings. The first-order valence-corrected chi connectivity index (χ1v) is 35.8. The lowest BCUT2D eigenvalue weighted by Gasteiger charge is -2.40. The third kappa shape index (κ3) is 50.6.